The molecule has 0 spiro atoms. The Kier molecular flexibility index (Phi) is 5.93. The fourth-order valence-corrected chi connectivity index (χ4v) is 6.81. The van der Waals surface area contributed by atoms with Gasteiger partial charge in [0.15, 0.2) is 0 Å². The molecule has 1 aliphatic rings. The van der Waals surface area contributed by atoms with Crippen molar-refractivity contribution in [3.63, 3.8) is 0 Å². The van der Waals surface area contributed by atoms with Gasteiger partial charge < -0.3 is 0 Å². The first-order chi connectivity index (χ1) is 16.8. The third-order valence-electron chi connectivity index (χ3n) is 8.95. The standard InChI is InChI=1S/C34H35Si/c1-8-25-22(6)29-19-31-24(17-33(29)34(7,10-3)32(25)13-14-35)15-23-16-27-20(4)11-12-21(5)28(27)18-30(23)26(31)9-2/h11-12,15-19,32H,8-10H2,1-7H3. The number of rotatable bonds is 3. The van der Waals surface area contributed by atoms with Crippen LogP contribution in [0.2, 0.25) is 0 Å². The van der Waals surface area contributed by atoms with Crippen LogP contribution in [-0.2, 0) is 11.8 Å². The molecule has 5 rings (SSSR count). The van der Waals surface area contributed by atoms with E-state index >= 15 is 0 Å². The number of hydrogen-bond donors (Lipinski definition) is 0. The van der Waals surface area contributed by atoms with Gasteiger partial charge in [0.25, 0.3) is 0 Å². The van der Waals surface area contributed by atoms with Gasteiger partial charge in [-0.2, -0.15) is 0 Å². The Morgan fingerprint density at radius 3 is 2.03 bits per heavy atom. The SMILES string of the molecule is CCC1=C(C)c2cc3c(CC)c4cc5c(C)ccc(C)c5cc4cc3cc2C(C)(CC)C1C#C[Si]. The van der Waals surface area contributed by atoms with Crippen molar-refractivity contribution >= 4 is 48.1 Å². The fourth-order valence-electron chi connectivity index (χ4n) is 6.66. The quantitative estimate of drug-likeness (QED) is 0.159. The Labute approximate surface area is 214 Å². The highest BCUT2D eigenvalue weighted by molar-refractivity contribution is 6.22. The molecule has 0 bridgehead atoms. The topological polar surface area (TPSA) is 0 Å². The minimum Gasteiger partial charge on any atom is -0.138 e. The largest absolute Gasteiger partial charge is 0.147 e. The van der Waals surface area contributed by atoms with Gasteiger partial charge in [-0.25, -0.2) is 0 Å². The summed E-state index contributed by atoms with van der Waals surface area (Å²) in [7, 11) is 3.47. The molecule has 0 fully saturated rings. The third-order valence-corrected chi connectivity index (χ3v) is 9.09. The molecule has 0 saturated heterocycles. The van der Waals surface area contributed by atoms with Crippen LogP contribution < -0.4 is 0 Å². The molecule has 1 aliphatic carbocycles. The van der Waals surface area contributed by atoms with E-state index in [1.807, 2.05) is 0 Å². The molecule has 0 amide bonds. The van der Waals surface area contributed by atoms with E-state index in [2.05, 4.69) is 113 Å². The van der Waals surface area contributed by atoms with Gasteiger partial charge >= 0.3 is 0 Å². The van der Waals surface area contributed by atoms with E-state index in [0.717, 1.165) is 19.3 Å². The molecule has 0 aromatic heterocycles. The number of hydrogen-bond acceptors (Lipinski definition) is 0. The van der Waals surface area contributed by atoms with Crippen LogP contribution in [0.25, 0.3) is 37.9 Å². The fraction of sp³-hybridized carbons (Fsp3) is 0.353. The van der Waals surface area contributed by atoms with Crippen LogP contribution in [0.4, 0.5) is 0 Å². The first-order valence-electron chi connectivity index (χ1n) is 13.1. The molecular weight excluding hydrogens is 436 g/mol. The van der Waals surface area contributed by atoms with E-state index in [9.17, 15) is 0 Å². The predicted molar refractivity (Wildman–Crippen MR) is 155 cm³/mol. The van der Waals surface area contributed by atoms with E-state index in [-0.39, 0.29) is 11.3 Å². The van der Waals surface area contributed by atoms with Crippen LogP contribution >= 0.6 is 0 Å². The summed E-state index contributed by atoms with van der Waals surface area (Å²) in [6, 6.07) is 16.8. The zero-order chi connectivity index (χ0) is 25.1. The minimum atomic E-state index is -0.00749. The molecule has 0 saturated carbocycles. The number of aryl methyl sites for hydroxylation is 3. The number of benzene rings is 4. The van der Waals surface area contributed by atoms with Crippen LogP contribution in [0, 0.1) is 31.2 Å². The van der Waals surface area contributed by atoms with E-state index in [1.54, 1.807) is 0 Å². The summed E-state index contributed by atoms with van der Waals surface area (Å²) in [5.74, 6) is 3.77. The minimum absolute atomic E-state index is 0.00749. The zero-order valence-corrected chi connectivity index (χ0v) is 23.2. The summed E-state index contributed by atoms with van der Waals surface area (Å²) in [5, 5.41) is 8.26. The van der Waals surface area contributed by atoms with Crippen LogP contribution in [0.15, 0.2) is 48.0 Å². The first-order valence-corrected chi connectivity index (χ1v) is 13.6. The van der Waals surface area contributed by atoms with Gasteiger partial charge in [-0.1, -0.05) is 45.4 Å². The summed E-state index contributed by atoms with van der Waals surface area (Å²) in [5.41, 5.74) is 13.0. The van der Waals surface area contributed by atoms with Gasteiger partial charge in [0, 0.05) is 5.41 Å². The molecule has 4 aromatic carbocycles. The van der Waals surface area contributed by atoms with E-state index < -0.39 is 0 Å². The lowest BCUT2D eigenvalue weighted by molar-refractivity contribution is 0.372. The van der Waals surface area contributed by atoms with Gasteiger partial charge in [0.1, 0.15) is 10.2 Å². The maximum atomic E-state index is 3.54. The van der Waals surface area contributed by atoms with Crippen molar-refractivity contribution in [1.82, 2.24) is 0 Å². The third kappa shape index (κ3) is 3.41. The van der Waals surface area contributed by atoms with Gasteiger partial charge in [-0.15, -0.1) is 11.5 Å². The van der Waals surface area contributed by atoms with Crippen LogP contribution in [0.1, 0.15) is 75.3 Å². The van der Waals surface area contributed by atoms with Crippen LogP contribution in [0.5, 0.6) is 0 Å². The van der Waals surface area contributed by atoms with Crippen molar-refractivity contribution in [1.29, 1.82) is 0 Å². The number of fused-ring (bicyclic) bond motifs is 4. The monoisotopic (exact) mass is 471 g/mol. The average Bonchev–Trinajstić information content (AvgIpc) is 2.86. The molecule has 4 aromatic rings. The Morgan fingerprint density at radius 1 is 0.800 bits per heavy atom. The van der Waals surface area contributed by atoms with Crippen molar-refractivity contribution in [2.45, 2.75) is 73.1 Å². The maximum absolute atomic E-state index is 3.54. The van der Waals surface area contributed by atoms with Gasteiger partial charge in [-0.3, -0.25) is 0 Å². The molecule has 2 unspecified atom stereocenters. The van der Waals surface area contributed by atoms with Crippen molar-refractivity contribution in [2.24, 2.45) is 5.92 Å². The molecule has 2 atom stereocenters. The highest BCUT2D eigenvalue weighted by Gasteiger charge is 2.41. The summed E-state index contributed by atoms with van der Waals surface area (Å²) >= 11 is 0. The molecule has 0 aliphatic heterocycles. The molecule has 175 valence electrons. The smallest absolute Gasteiger partial charge is 0.138 e. The second-order valence-electron chi connectivity index (χ2n) is 10.6. The highest BCUT2D eigenvalue weighted by atomic mass is 28.1. The van der Waals surface area contributed by atoms with Crippen LogP contribution in [-0.4, -0.2) is 10.2 Å². The summed E-state index contributed by atoms with van der Waals surface area (Å²) < 4.78 is 0. The second-order valence-corrected chi connectivity index (χ2v) is 10.9. The van der Waals surface area contributed by atoms with Crippen molar-refractivity contribution < 1.29 is 0 Å². The molecule has 0 heterocycles. The maximum Gasteiger partial charge on any atom is 0.147 e. The zero-order valence-electron chi connectivity index (χ0n) is 22.2. The predicted octanol–water partition coefficient (Wildman–Crippen LogP) is 8.94. The molecule has 3 radical (unpaired) electrons. The molecule has 0 N–H and O–H groups in total. The molecular formula is C34H35Si. The molecule has 0 nitrogen and oxygen atoms in total. The van der Waals surface area contributed by atoms with Gasteiger partial charge in [0.05, 0.1) is 5.92 Å². The summed E-state index contributed by atoms with van der Waals surface area (Å²) in [6.45, 7) is 16.1. The lowest BCUT2D eigenvalue weighted by atomic mass is 9.60. The molecule has 1 heteroatoms. The van der Waals surface area contributed by atoms with Gasteiger partial charge in [-0.05, 0) is 136 Å². The Morgan fingerprint density at radius 2 is 1.43 bits per heavy atom. The van der Waals surface area contributed by atoms with E-state index in [1.165, 1.54) is 71.3 Å². The average molecular weight is 472 g/mol. The van der Waals surface area contributed by atoms with Crippen molar-refractivity contribution in [3.8, 4) is 11.5 Å². The normalized spacial score (nSPS) is 19.8. The second kappa shape index (κ2) is 8.68. The Hall–Kier alpha value is -2.82. The van der Waals surface area contributed by atoms with Crippen molar-refractivity contribution in [3.05, 3.63) is 75.9 Å². The van der Waals surface area contributed by atoms with Gasteiger partial charge in [0.2, 0.25) is 0 Å². The number of allylic oxidation sites excluding steroid dienone is 2. The van der Waals surface area contributed by atoms with Crippen LogP contribution in [0.3, 0.4) is 0 Å². The Bertz CT molecular complexity index is 1610. The van der Waals surface area contributed by atoms with Crippen molar-refractivity contribution in [2.75, 3.05) is 0 Å². The Balaban J connectivity index is 1.92. The lowest BCUT2D eigenvalue weighted by Gasteiger charge is -2.42. The van der Waals surface area contributed by atoms with E-state index in [4.69, 9.17) is 0 Å². The summed E-state index contributed by atoms with van der Waals surface area (Å²) in [6.07, 6.45) is 3.12. The lowest BCUT2D eigenvalue weighted by Crippen LogP contribution is -2.36. The van der Waals surface area contributed by atoms with E-state index in [0.29, 0.717) is 0 Å². The first kappa shape index (κ1) is 23.9. The highest BCUT2D eigenvalue weighted by Crippen LogP contribution is 2.51. The molecule has 35 heavy (non-hydrogen) atoms. The summed E-state index contributed by atoms with van der Waals surface area (Å²) in [4.78, 5) is 0.